The molecule has 0 fully saturated rings. The molecule has 0 saturated heterocycles. The van der Waals surface area contributed by atoms with Crippen LogP contribution in [-0.2, 0) is 21.7 Å². The molecule has 0 radical (unpaired) electrons. The predicted molar refractivity (Wildman–Crippen MR) is 194 cm³/mol. The topological polar surface area (TPSA) is 18.5 Å². The molecule has 0 aromatic heterocycles. The third-order valence-corrected chi connectivity index (χ3v) is 8.55. The van der Waals surface area contributed by atoms with Crippen molar-refractivity contribution in [3.05, 3.63) is 119 Å². The largest absolute Gasteiger partial charge is 0.438 e. The van der Waals surface area contributed by atoms with Gasteiger partial charge in [0.15, 0.2) is 0 Å². The summed E-state index contributed by atoms with van der Waals surface area (Å²) < 4.78 is 12.9. The molecule has 4 aromatic carbocycles. The second-order valence-electron chi connectivity index (χ2n) is 15.8. The van der Waals surface area contributed by atoms with Crippen molar-refractivity contribution in [2.45, 2.75) is 105 Å². The van der Waals surface area contributed by atoms with Crippen LogP contribution in [0.4, 0.5) is 0 Å². The third kappa shape index (κ3) is 9.97. The summed E-state index contributed by atoms with van der Waals surface area (Å²) in [5.41, 5.74) is 7.81. The summed E-state index contributed by atoms with van der Waals surface area (Å²) in [4.78, 5) is 0. The molecule has 0 spiro atoms. The quantitative estimate of drug-likeness (QED) is 0.209. The third-order valence-electron chi connectivity index (χ3n) is 7.64. The molecule has 0 saturated carbocycles. The fraction of sp³-hybridized carbons (Fsp3) is 0.415. The van der Waals surface area contributed by atoms with Crippen molar-refractivity contribution < 1.29 is 9.05 Å². The highest BCUT2D eigenvalue weighted by atomic mass is 31.2. The molecule has 0 N–H and O–H groups in total. The lowest BCUT2D eigenvalue weighted by Gasteiger charge is -2.29. The molecule has 236 valence electrons. The van der Waals surface area contributed by atoms with Gasteiger partial charge in [-0.3, -0.25) is 0 Å². The van der Waals surface area contributed by atoms with Crippen molar-refractivity contribution in [2.24, 2.45) is 0 Å². The molecule has 0 bridgehead atoms. The van der Waals surface area contributed by atoms with Crippen LogP contribution in [0.25, 0.3) is 11.1 Å². The minimum atomic E-state index is -1.14. The van der Waals surface area contributed by atoms with E-state index in [2.05, 4.69) is 168 Å². The number of hydrogen-bond donors (Lipinski definition) is 0. The van der Waals surface area contributed by atoms with Gasteiger partial charge in [-0.15, -0.1) is 0 Å². The Morgan fingerprint density at radius 1 is 0.409 bits per heavy atom. The Balaban J connectivity index is 0.000000363. The first-order valence-electron chi connectivity index (χ1n) is 15.8. The van der Waals surface area contributed by atoms with Crippen LogP contribution >= 0.6 is 8.38 Å². The fourth-order valence-corrected chi connectivity index (χ4v) is 5.79. The van der Waals surface area contributed by atoms with E-state index < -0.39 is 8.38 Å². The molecule has 0 amide bonds. The molecule has 3 heteroatoms. The maximum Gasteiger partial charge on any atom is 0.286 e. The first-order chi connectivity index (χ1) is 20.3. The van der Waals surface area contributed by atoms with E-state index in [0.717, 1.165) is 11.5 Å². The van der Waals surface area contributed by atoms with Crippen LogP contribution in [0.1, 0.15) is 105 Å². The Kier molecular flexibility index (Phi) is 11.2. The van der Waals surface area contributed by atoms with E-state index in [1.165, 1.54) is 33.4 Å². The van der Waals surface area contributed by atoms with Gasteiger partial charge < -0.3 is 9.05 Å². The summed E-state index contributed by atoms with van der Waals surface area (Å²) in [6.07, 6.45) is 0. The Morgan fingerprint density at radius 2 is 0.727 bits per heavy atom. The van der Waals surface area contributed by atoms with E-state index in [1.807, 2.05) is 18.8 Å². The van der Waals surface area contributed by atoms with Gasteiger partial charge in [0.25, 0.3) is 8.38 Å². The number of benzene rings is 4. The summed E-state index contributed by atoms with van der Waals surface area (Å²) in [7, 11) is -1.14. The van der Waals surface area contributed by atoms with Gasteiger partial charge in [-0.2, -0.15) is 0 Å². The zero-order chi connectivity index (χ0) is 32.9. The maximum atomic E-state index is 6.45. The first-order valence-corrected chi connectivity index (χ1v) is 17.4. The van der Waals surface area contributed by atoms with Crippen LogP contribution < -0.4 is 9.05 Å². The van der Waals surface area contributed by atoms with E-state index in [-0.39, 0.29) is 21.7 Å². The highest BCUT2D eigenvalue weighted by Gasteiger charge is 2.27. The van der Waals surface area contributed by atoms with Crippen molar-refractivity contribution in [1.29, 1.82) is 0 Å². The number of hydrogen-bond acceptors (Lipinski definition) is 2. The number of rotatable bonds is 5. The SMILES string of the molecule is CP(Oc1ccc(C(C)(C)C)cc1C(C)(C)C)Oc1ccc(C(C)(C)C)cc1C(C)(C)C.c1ccc(-c2ccccc2)cc1. The summed E-state index contributed by atoms with van der Waals surface area (Å²) in [5.74, 6) is 1.84. The van der Waals surface area contributed by atoms with Gasteiger partial charge in [0.05, 0.1) is 0 Å². The molecule has 2 nitrogen and oxygen atoms in total. The van der Waals surface area contributed by atoms with Crippen LogP contribution in [0.5, 0.6) is 11.5 Å². The lowest BCUT2D eigenvalue weighted by atomic mass is 9.80. The van der Waals surface area contributed by atoms with Gasteiger partial charge in [0, 0.05) is 17.8 Å². The van der Waals surface area contributed by atoms with E-state index >= 15 is 0 Å². The maximum absolute atomic E-state index is 6.45. The molecule has 0 heterocycles. The van der Waals surface area contributed by atoms with Gasteiger partial charge in [-0.05, 0) is 56.0 Å². The zero-order valence-electron chi connectivity index (χ0n) is 29.5. The second-order valence-corrected chi connectivity index (χ2v) is 17.0. The first kappa shape index (κ1) is 35.4. The standard InChI is InChI=1S/C29H45O2P.C12H10/c1-26(2,3)20-14-16-24(22(18-20)28(7,8)9)30-32(13)31-25-17-15-21(27(4,5)6)19-23(25)29(10,11)12;1-3-7-11(8-4-1)12-9-5-2-6-10-12/h14-19H,1-13H3;1-10H. The van der Waals surface area contributed by atoms with Gasteiger partial charge >= 0.3 is 0 Å². The Morgan fingerprint density at radius 3 is 1.00 bits per heavy atom. The monoisotopic (exact) mass is 610 g/mol. The zero-order valence-corrected chi connectivity index (χ0v) is 30.4. The molecule has 0 atom stereocenters. The van der Waals surface area contributed by atoms with Gasteiger partial charge in [0.2, 0.25) is 0 Å². The van der Waals surface area contributed by atoms with Crippen LogP contribution in [0.3, 0.4) is 0 Å². The Hall–Kier alpha value is -3.09. The summed E-state index contributed by atoms with van der Waals surface area (Å²) >= 11 is 0. The Bertz CT molecular complexity index is 1360. The van der Waals surface area contributed by atoms with Gasteiger partial charge in [-0.25, -0.2) is 0 Å². The highest BCUT2D eigenvalue weighted by Crippen LogP contribution is 2.45. The summed E-state index contributed by atoms with van der Waals surface area (Å²) in [6.45, 7) is 29.0. The molecule has 0 aliphatic heterocycles. The van der Waals surface area contributed by atoms with E-state index in [1.54, 1.807) is 0 Å². The van der Waals surface area contributed by atoms with Crippen molar-refractivity contribution in [2.75, 3.05) is 6.66 Å². The minimum Gasteiger partial charge on any atom is -0.438 e. The summed E-state index contributed by atoms with van der Waals surface area (Å²) in [6, 6.07) is 34.0. The molecular weight excluding hydrogens is 555 g/mol. The Labute approximate surface area is 270 Å². The van der Waals surface area contributed by atoms with Crippen LogP contribution in [0.15, 0.2) is 97.1 Å². The lowest BCUT2D eigenvalue weighted by Crippen LogP contribution is -2.18. The van der Waals surface area contributed by atoms with Gasteiger partial charge in [-0.1, -0.05) is 168 Å². The van der Waals surface area contributed by atoms with E-state index in [4.69, 9.17) is 9.05 Å². The predicted octanol–water partition coefficient (Wildman–Crippen LogP) is 12.6. The summed E-state index contributed by atoms with van der Waals surface area (Å²) in [5, 5.41) is 0. The lowest BCUT2D eigenvalue weighted by molar-refractivity contribution is 0.463. The van der Waals surface area contributed by atoms with Gasteiger partial charge in [0.1, 0.15) is 11.5 Å². The average molecular weight is 611 g/mol. The van der Waals surface area contributed by atoms with E-state index in [9.17, 15) is 0 Å². The minimum absolute atomic E-state index is 0.0162. The molecule has 0 aliphatic rings. The van der Waals surface area contributed by atoms with Crippen molar-refractivity contribution in [3.63, 3.8) is 0 Å². The molecule has 0 unspecified atom stereocenters. The second kappa shape index (κ2) is 13.9. The van der Waals surface area contributed by atoms with Crippen molar-refractivity contribution in [1.82, 2.24) is 0 Å². The van der Waals surface area contributed by atoms with E-state index in [0.29, 0.717) is 0 Å². The molecule has 4 rings (SSSR count). The van der Waals surface area contributed by atoms with Crippen LogP contribution in [0.2, 0.25) is 0 Å². The molecule has 0 aliphatic carbocycles. The van der Waals surface area contributed by atoms with Crippen LogP contribution in [-0.4, -0.2) is 6.66 Å². The molecule has 44 heavy (non-hydrogen) atoms. The molecule has 4 aromatic rings. The molecular formula is C41H55O2P. The normalized spacial score (nSPS) is 12.4. The highest BCUT2D eigenvalue weighted by molar-refractivity contribution is 7.47. The van der Waals surface area contributed by atoms with Crippen molar-refractivity contribution >= 4 is 8.38 Å². The average Bonchev–Trinajstić information content (AvgIpc) is 2.92. The smallest absolute Gasteiger partial charge is 0.286 e. The van der Waals surface area contributed by atoms with Crippen molar-refractivity contribution in [3.8, 4) is 22.6 Å². The van der Waals surface area contributed by atoms with Crippen LogP contribution in [0, 0.1) is 0 Å². The fourth-order valence-electron chi connectivity index (χ4n) is 4.88.